The highest BCUT2D eigenvalue weighted by molar-refractivity contribution is 5.95. The van der Waals surface area contributed by atoms with Gasteiger partial charge in [0.2, 0.25) is 11.8 Å². The molecule has 0 spiro atoms. The Bertz CT molecular complexity index is 1180. The Morgan fingerprint density at radius 1 is 1.18 bits per heavy atom. The van der Waals surface area contributed by atoms with E-state index in [0.717, 1.165) is 44.5 Å². The van der Waals surface area contributed by atoms with Gasteiger partial charge in [0.05, 0.1) is 23.4 Å². The van der Waals surface area contributed by atoms with Crippen molar-refractivity contribution in [3.63, 3.8) is 0 Å². The lowest BCUT2D eigenvalue weighted by atomic mass is 10.1. The van der Waals surface area contributed by atoms with E-state index in [0.29, 0.717) is 34.6 Å². The Labute approximate surface area is 193 Å². The number of hydrogen-bond donors (Lipinski definition) is 1. The first-order chi connectivity index (χ1) is 15.8. The summed E-state index contributed by atoms with van der Waals surface area (Å²) in [5, 5.41) is 7.82. The summed E-state index contributed by atoms with van der Waals surface area (Å²) in [6.45, 7) is 4.20. The number of hydrogen-bond acceptors (Lipinski definition) is 8. The zero-order valence-corrected chi connectivity index (χ0v) is 19.6. The van der Waals surface area contributed by atoms with Gasteiger partial charge in [-0.2, -0.15) is 10.1 Å². The molecule has 1 aliphatic carbocycles. The van der Waals surface area contributed by atoms with Gasteiger partial charge in [-0.05, 0) is 64.9 Å². The van der Waals surface area contributed by atoms with Gasteiger partial charge < -0.3 is 19.9 Å². The molecule has 1 N–H and O–H groups in total. The van der Waals surface area contributed by atoms with E-state index in [1.54, 1.807) is 32.4 Å². The number of likely N-dealkylation sites (tertiary alicyclic amines) is 1. The van der Waals surface area contributed by atoms with Crippen molar-refractivity contribution in [3.05, 3.63) is 30.2 Å². The van der Waals surface area contributed by atoms with Gasteiger partial charge in [0.1, 0.15) is 11.3 Å². The first-order valence-electron chi connectivity index (χ1n) is 11.4. The van der Waals surface area contributed by atoms with E-state index in [4.69, 9.17) is 4.74 Å². The lowest BCUT2D eigenvalue weighted by molar-refractivity contribution is 0.0822. The van der Waals surface area contributed by atoms with Crippen molar-refractivity contribution in [1.29, 1.82) is 0 Å². The SMILES string of the molecule is CN1CCC(n2cc(Nc3nc(OC4(C)CC4)c4nc(C(=O)N(C)C)ccc4n3)cn2)CC1. The van der Waals surface area contributed by atoms with Crippen LogP contribution >= 0.6 is 0 Å². The molecule has 10 heteroatoms. The van der Waals surface area contributed by atoms with Gasteiger partial charge in [-0.3, -0.25) is 9.48 Å². The number of nitrogens with one attached hydrogen (secondary N) is 1. The van der Waals surface area contributed by atoms with Crippen LogP contribution in [0, 0.1) is 0 Å². The van der Waals surface area contributed by atoms with Crippen LogP contribution in [0.5, 0.6) is 5.88 Å². The number of nitrogens with zero attached hydrogens (tertiary/aromatic N) is 7. The van der Waals surface area contributed by atoms with Gasteiger partial charge >= 0.3 is 0 Å². The fourth-order valence-corrected chi connectivity index (χ4v) is 3.97. The maximum atomic E-state index is 12.4. The van der Waals surface area contributed by atoms with E-state index in [9.17, 15) is 4.79 Å². The third kappa shape index (κ3) is 4.61. The summed E-state index contributed by atoms with van der Waals surface area (Å²) in [5.74, 6) is 0.626. The molecule has 0 radical (unpaired) electrons. The van der Waals surface area contributed by atoms with Crippen molar-refractivity contribution in [2.45, 2.75) is 44.2 Å². The third-order valence-electron chi connectivity index (χ3n) is 6.35. The molecule has 5 rings (SSSR count). The van der Waals surface area contributed by atoms with Gasteiger partial charge in [-0.25, -0.2) is 9.97 Å². The Kier molecular flexibility index (Phi) is 5.40. The number of piperidine rings is 1. The number of rotatable bonds is 6. The second kappa shape index (κ2) is 8.26. The highest BCUT2D eigenvalue weighted by Crippen LogP contribution is 2.40. The fraction of sp³-hybridized carbons (Fsp3) is 0.522. The number of carbonyl (C=O) groups is 1. The van der Waals surface area contributed by atoms with Crippen molar-refractivity contribution in [1.82, 2.24) is 34.5 Å². The average Bonchev–Trinajstić information content (AvgIpc) is 3.33. The molecule has 1 saturated carbocycles. The van der Waals surface area contributed by atoms with E-state index in [1.165, 1.54) is 4.90 Å². The van der Waals surface area contributed by atoms with Crippen LogP contribution in [0.1, 0.15) is 49.1 Å². The summed E-state index contributed by atoms with van der Waals surface area (Å²) in [7, 11) is 5.55. The van der Waals surface area contributed by atoms with E-state index in [2.05, 4.69) is 44.2 Å². The number of pyridine rings is 1. The zero-order valence-electron chi connectivity index (χ0n) is 19.6. The number of carbonyl (C=O) groups excluding carboxylic acids is 1. The largest absolute Gasteiger partial charge is 0.470 e. The molecule has 1 amide bonds. The predicted molar refractivity (Wildman–Crippen MR) is 125 cm³/mol. The van der Waals surface area contributed by atoms with Crippen LogP contribution in [0.3, 0.4) is 0 Å². The summed E-state index contributed by atoms with van der Waals surface area (Å²) in [6, 6.07) is 3.87. The number of fused-ring (bicyclic) bond motifs is 1. The quantitative estimate of drug-likeness (QED) is 0.612. The molecule has 2 aliphatic rings. The first-order valence-corrected chi connectivity index (χ1v) is 11.4. The van der Waals surface area contributed by atoms with Crippen LogP contribution in [0.25, 0.3) is 11.0 Å². The van der Waals surface area contributed by atoms with Crippen LogP contribution < -0.4 is 10.1 Å². The first kappa shape index (κ1) is 21.6. The standard InChI is InChI=1S/C23H30N8O2/c1-23(9-10-23)33-20-19-17(5-6-18(26-19)21(32)29(2)3)27-22(28-20)25-15-13-24-31(14-15)16-7-11-30(4)12-8-16/h5-6,13-14,16H,7-12H2,1-4H3,(H,25,27,28). The summed E-state index contributed by atoms with van der Waals surface area (Å²) in [5.41, 5.74) is 2.01. The normalized spacial score (nSPS) is 18.3. The molecule has 3 aromatic rings. The minimum atomic E-state index is -0.249. The summed E-state index contributed by atoms with van der Waals surface area (Å²) < 4.78 is 8.23. The van der Waals surface area contributed by atoms with Crippen LogP contribution in [-0.4, -0.2) is 80.3 Å². The monoisotopic (exact) mass is 450 g/mol. The fourth-order valence-electron chi connectivity index (χ4n) is 3.97. The number of amides is 1. The molecule has 1 saturated heterocycles. The van der Waals surface area contributed by atoms with E-state index >= 15 is 0 Å². The Hall–Kier alpha value is -3.27. The molecular formula is C23H30N8O2. The van der Waals surface area contributed by atoms with Crippen LogP contribution in [0.2, 0.25) is 0 Å². The molecule has 174 valence electrons. The van der Waals surface area contributed by atoms with Gasteiger partial charge in [0, 0.05) is 20.3 Å². The van der Waals surface area contributed by atoms with Crippen molar-refractivity contribution in [3.8, 4) is 5.88 Å². The smallest absolute Gasteiger partial charge is 0.271 e. The third-order valence-corrected chi connectivity index (χ3v) is 6.35. The number of ether oxygens (including phenoxy) is 1. The highest BCUT2D eigenvalue weighted by Gasteiger charge is 2.41. The lowest BCUT2D eigenvalue weighted by Gasteiger charge is -2.28. The molecule has 1 aliphatic heterocycles. The minimum absolute atomic E-state index is 0.177. The molecular weight excluding hydrogens is 420 g/mol. The summed E-state index contributed by atoms with van der Waals surface area (Å²) in [6.07, 6.45) is 7.89. The Balaban J connectivity index is 1.44. The molecule has 33 heavy (non-hydrogen) atoms. The molecule has 3 aromatic heterocycles. The molecule has 0 unspecified atom stereocenters. The molecule has 4 heterocycles. The summed E-state index contributed by atoms with van der Waals surface area (Å²) >= 11 is 0. The van der Waals surface area contributed by atoms with Gasteiger partial charge in [0.15, 0.2) is 5.52 Å². The van der Waals surface area contributed by atoms with Gasteiger partial charge in [-0.15, -0.1) is 0 Å². The molecule has 10 nitrogen and oxygen atoms in total. The van der Waals surface area contributed by atoms with Crippen LogP contribution in [-0.2, 0) is 0 Å². The summed E-state index contributed by atoms with van der Waals surface area (Å²) in [4.78, 5) is 30.0. The molecule has 2 fully saturated rings. The molecule has 0 aromatic carbocycles. The van der Waals surface area contributed by atoms with Crippen LogP contribution in [0.15, 0.2) is 24.5 Å². The van der Waals surface area contributed by atoms with Crippen molar-refractivity contribution < 1.29 is 9.53 Å². The minimum Gasteiger partial charge on any atom is -0.470 e. The van der Waals surface area contributed by atoms with Crippen molar-refractivity contribution >= 4 is 28.6 Å². The van der Waals surface area contributed by atoms with E-state index in [1.807, 2.05) is 10.9 Å². The van der Waals surface area contributed by atoms with Gasteiger partial charge in [-0.1, -0.05) is 0 Å². The van der Waals surface area contributed by atoms with Crippen molar-refractivity contribution in [2.75, 3.05) is 39.5 Å². The Morgan fingerprint density at radius 2 is 1.94 bits per heavy atom. The lowest BCUT2D eigenvalue weighted by Crippen LogP contribution is -2.31. The van der Waals surface area contributed by atoms with E-state index < -0.39 is 0 Å². The molecule has 0 bridgehead atoms. The van der Waals surface area contributed by atoms with Gasteiger partial charge in [0.25, 0.3) is 5.91 Å². The number of anilines is 2. The van der Waals surface area contributed by atoms with E-state index in [-0.39, 0.29) is 11.5 Å². The van der Waals surface area contributed by atoms with Crippen molar-refractivity contribution in [2.24, 2.45) is 0 Å². The topological polar surface area (TPSA) is 101 Å². The maximum Gasteiger partial charge on any atom is 0.271 e. The second-order valence-corrected chi connectivity index (χ2v) is 9.54. The number of aromatic nitrogens is 5. The maximum absolute atomic E-state index is 12.4. The van der Waals surface area contributed by atoms with Crippen LogP contribution in [0.4, 0.5) is 11.6 Å². The predicted octanol–water partition coefficient (Wildman–Crippen LogP) is 2.86. The highest BCUT2D eigenvalue weighted by atomic mass is 16.5. The zero-order chi connectivity index (χ0) is 23.2. The average molecular weight is 451 g/mol. The Morgan fingerprint density at radius 3 is 2.64 bits per heavy atom. The second-order valence-electron chi connectivity index (χ2n) is 9.54. The molecule has 0 atom stereocenters.